The summed E-state index contributed by atoms with van der Waals surface area (Å²) in [4.78, 5) is 11.3. The summed E-state index contributed by atoms with van der Waals surface area (Å²) in [6.07, 6.45) is 4.27. The van der Waals surface area contributed by atoms with Gasteiger partial charge in [0.2, 0.25) is 0 Å². The van der Waals surface area contributed by atoms with E-state index in [0.29, 0.717) is 5.75 Å². The lowest BCUT2D eigenvalue weighted by Gasteiger charge is -2.34. The minimum Gasteiger partial charge on any atom is -0.508 e. The van der Waals surface area contributed by atoms with Crippen LogP contribution in [0, 0.1) is 6.92 Å². The maximum Gasteiger partial charge on any atom is 0.142 e. The van der Waals surface area contributed by atoms with Gasteiger partial charge >= 0.3 is 0 Å². The molecule has 0 unspecified atom stereocenters. The number of benzene rings is 1. The van der Waals surface area contributed by atoms with Gasteiger partial charge in [-0.1, -0.05) is 6.07 Å². The average molecular weight is 281 g/mol. The highest BCUT2D eigenvalue weighted by molar-refractivity contribution is 5.45. The van der Waals surface area contributed by atoms with Gasteiger partial charge in [-0.05, 0) is 49.1 Å². The van der Waals surface area contributed by atoms with Crippen LogP contribution in [-0.2, 0) is 18.5 Å². The van der Waals surface area contributed by atoms with Crippen molar-refractivity contribution in [2.24, 2.45) is 0 Å². The molecule has 1 aromatic carbocycles. The zero-order valence-electron chi connectivity index (χ0n) is 12.2. The first-order chi connectivity index (χ1) is 10.1. The molecule has 4 rings (SSSR count). The van der Waals surface area contributed by atoms with E-state index in [-0.39, 0.29) is 5.41 Å². The zero-order chi connectivity index (χ0) is 14.4. The fourth-order valence-corrected chi connectivity index (χ4v) is 3.47. The second kappa shape index (κ2) is 4.53. The number of rotatable bonds is 2. The standard InChI is InChI=1S/C17H19N3O/c1-12-4-7-18-16(19-12)10-20-9-13-2-3-14(21)8-15(13)17(11-20)5-6-17/h2-4,7-8,21H,5-6,9-11H2,1H3. The van der Waals surface area contributed by atoms with Crippen LogP contribution >= 0.6 is 0 Å². The Hall–Kier alpha value is -1.94. The highest BCUT2D eigenvalue weighted by atomic mass is 16.3. The first kappa shape index (κ1) is 12.8. The van der Waals surface area contributed by atoms with Crippen molar-refractivity contribution in [1.29, 1.82) is 0 Å². The first-order valence-electron chi connectivity index (χ1n) is 7.48. The van der Waals surface area contributed by atoms with Crippen LogP contribution in [-0.4, -0.2) is 26.5 Å². The van der Waals surface area contributed by atoms with Gasteiger partial charge in [0.25, 0.3) is 0 Å². The molecule has 4 nitrogen and oxygen atoms in total. The van der Waals surface area contributed by atoms with Crippen LogP contribution in [0.4, 0.5) is 0 Å². The van der Waals surface area contributed by atoms with E-state index in [1.54, 1.807) is 6.07 Å². The predicted molar refractivity (Wildman–Crippen MR) is 79.9 cm³/mol. The largest absolute Gasteiger partial charge is 0.508 e. The maximum atomic E-state index is 9.75. The molecule has 2 aliphatic rings. The smallest absolute Gasteiger partial charge is 0.142 e. The van der Waals surface area contributed by atoms with Crippen LogP contribution in [0.5, 0.6) is 5.75 Å². The van der Waals surface area contributed by atoms with Gasteiger partial charge in [0.15, 0.2) is 0 Å². The topological polar surface area (TPSA) is 49.2 Å². The summed E-state index contributed by atoms with van der Waals surface area (Å²) in [5, 5.41) is 9.75. The van der Waals surface area contributed by atoms with E-state index in [1.165, 1.54) is 24.0 Å². The van der Waals surface area contributed by atoms with Crippen molar-refractivity contribution in [3.8, 4) is 5.75 Å². The zero-order valence-corrected chi connectivity index (χ0v) is 12.2. The van der Waals surface area contributed by atoms with E-state index in [4.69, 9.17) is 0 Å². The molecule has 0 saturated heterocycles. The van der Waals surface area contributed by atoms with E-state index in [9.17, 15) is 5.11 Å². The van der Waals surface area contributed by atoms with Crippen LogP contribution in [0.3, 0.4) is 0 Å². The third-order valence-electron chi connectivity index (χ3n) is 4.65. The minimum absolute atomic E-state index is 0.260. The molecule has 0 bridgehead atoms. The Morgan fingerprint density at radius 3 is 2.90 bits per heavy atom. The second-order valence-electron chi connectivity index (χ2n) is 6.38. The molecule has 0 radical (unpaired) electrons. The molecule has 1 fully saturated rings. The third kappa shape index (κ3) is 2.29. The van der Waals surface area contributed by atoms with Crippen molar-refractivity contribution in [3.05, 3.63) is 53.1 Å². The Morgan fingerprint density at radius 2 is 2.14 bits per heavy atom. The van der Waals surface area contributed by atoms with Gasteiger partial charge in [0.1, 0.15) is 11.6 Å². The van der Waals surface area contributed by atoms with Crippen molar-refractivity contribution in [3.63, 3.8) is 0 Å². The van der Waals surface area contributed by atoms with Crippen molar-refractivity contribution >= 4 is 0 Å². The van der Waals surface area contributed by atoms with Crippen molar-refractivity contribution < 1.29 is 5.11 Å². The van der Waals surface area contributed by atoms with Gasteiger partial charge < -0.3 is 5.11 Å². The molecule has 2 heterocycles. The molecule has 1 aliphatic heterocycles. The summed E-state index contributed by atoms with van der Waals surface area (Å²) < 4.78 is 0. The fraction of sp³-hybridized carbons (Fsp3) is 0.412. The fourth-order valence-electron chi connectivity index (χ4n) is 3.47. The van der Waals surface area contributed by atoms with E-state index in [1.807, 2.05) is 25.3 Å². The Bertz CT molecular complexity index is 694. The molecule has 1 N–H and O–H groups in total. The SMILES string of the molecule is Cc1ccnc(CN2Cc3ccc(O)cc3C3(CC3)C2)n1. The number of hydrogen-bond acceptors (Lipinski definition) is 4. The molecule has 0 atom stereocenters. The molecule has 108 valence electrons. The first-order valence-corrected chi connectivity index (χ1v) is 7.48. The minimum atomic E-state index is 0.260. The second-order valence-corrected chi connectivity index (χ2v) is 6.38. The summed E-state index contributed by atoms with van der Waals surface area (Å²) in [5.41, 5.74) is 3.97. The van der Waals surface area contributed by atoms with Gasteiger partial charge in [-0.2, -0.15) is 0 Å². The van der Waals surface area contributed by atoms with Crippen molar-refractivity contribution in [1.82, 2.24) is 14.9 Å². The average Bonchev–Trinajstić information content (AvgIpc) is 3.20. The summed E-state index contributed by atoms with van der Waals surface area (Å²) >= 11 is 0. The monoisotopic (exact) mass is 281 g/mol. The molecule has 1 saturated carbocycles. The lowest BCUT2D eigenvalue weighted by molar-refractivity contribution is 0.207. The Morgan fingerprint density at radius 1 is 1.29 bits per heavy atom. The van der Waals surface area contributed by atoms with Crippen LogP contribution < -0.4 is 0 Å². The quantitative estimate of drug-likeness (QED) is 0.919. The number of phenols is 1. The van der Waals surface area contributed by atoms with Gasteiger partial charge in [0.05, 0.1) is 6.54 Å². The molecular weight excluding hydrogens is 262 g/mol. The van der Waals surface area contributed by atoms with Crippen LogP contribution in [0.25, 0.3) is 0 Å². The van der Waals surface area contributed by atoms with Gasteiger partial charge in [-0.15, -0.1) is 0 Å². The number of aryl methyl sites for hydroxylation is 1. The number of nitrogens with zero attached hydrogens (tertiary/aromatic N) is 3. The summed E-state index contributed by atoms with van der Waals surface area (Å²) in [7, 11) is 0. The Kier molecular flexibility index (Phi) is 2.76. The van der Waals surface area contributed by atoms with Crippen LogP contribution in [0.15, 0.2) is 30.5 Å². The van der Waals surface area contributed by atoms with Gasteiger partial charge in [-0.25, -0.2) is 9.97 Å². The van der Waals surface area contributed by atoms with Gasteiger partial charge in [-0.3, -0.25) is 4.90 Å². The number of aromatic hydroxyl groups is 1. The molecule has 4 heteroatoms. The summed E-state index contributed by atoms with van der Waals surface area (Å²) in [6, 6.07) is 7.75. The van der Waals surface area contributed by atoms with Gasteiger partial charge in [0, 0.05) is 30.4 Å². The highest BCUT2D eigenvalue weighted by Crippen LogP contribution is 2.53. The number of aromatic nitrogens is 2. The molecule has 1 aliphatic carbocycles. The van der Waals surface area contributed by atoms with E-state index in [0.717, 1.165) is 31.2 Å². The van der Waals surface area contributed by atoms with E-state index < -0.39 is 0 Å². The van der Waals surface area contributed by atoms with Crippen molar-refractivity contribution in [2.75, 3.05) is 6.54 Å². The Labute approximate surface area is 124 Å². The number of fused-ring (bicyclic) bond motifs is 2. The van der Waals surface area contributed by atoms with E-state index >= 15 is 0 Å². The van der Waals surface area contributed by atoms with Crippen LogP contribution in [0.1, 0.15) is 35.5 Å². The molecule has 0 amide bonds. The number of hydrogen-bond donors (Lipinski definition) is 1. The predicted octanol–water partition coefficient (Wildman–Crippen LogP) is 2.54. The molecule has 21 heavy (non-hydrogen) atoms. The molecule has 2 aromatic rings. The van der Waals surface area contributed by atoms with Crippen LogP contribution in [0.2, 0.25) is 0 Å². The molecular formula is C17H19N3O. The summed E-state index contributed by atoms with van der Waals surface area (Å²) in [5.74, 6) is 1.28. The lowest BCUT2D eigenvalue weighted by atomic mass is 9.87. The molecule has 1 spiro atoms. The molecule has 1 aromatic heterocycles. The van der Waals surface area contributed by atoms with Crippen molar-refractivity contribution in [2.45, 2.75) is 38.3 Å². The maximum absolute atomic E-state index is 9.75. The van der Waals surface area contributed by atoms with E-state index in [2.05, 4.69) is 20.9 Å². The number of phenolic OH excluding ortho intramolecular Hbond substituents is 1. The highest BCUT2D eigenvalue weighted by Gasteiger charge is 2.49. The summed E-state index contributed by atoms with van der Waals surface area (Å²) in [6.45, 7) is 4.75. The lowest BCUT2D eigenvalue weighted by Crippen LogP contribution is -2.37. The Balaban J connectivity index is 1.61. The normalized spacial score (nSPS) is 19.5. The third-order valence-corrected chi connectivity index (χ3v) is 4.65.